The van der Waals surface area contributed by atoms with Gasteiger partial charge in [0.25, 0.3) is 5.56 Å². The molecule has 1 aromatic rings. The first-order chi connectivity index (χ1) is 10.8. The molecule has 7 nitrogen and oxygen atoms in total. The fourth-order valence-corrected chi connectivity index (χ4v) is 2.11. The number of hydrogen-bond acceptors (Lipinski definition) is 4. The molecule has 0 aliphatic carbocycles. The van der Waals surface area contributed by atoms with Crippen LogP contribution in [-0.2, 0) is 6.54 Å². The molecule has 1 aromatic heterocycles. The van der Waals surface area contributed by atoms with Crippen molar-refractivity contribution in [2.45, 2.75) is 39.2 Å². The van der Waals surface area contributed by atoms with Gasteiger partial charge in [-0.25, -0.2) is 4.79 Å². The van der Waals surface area contributed by atoms with E-state index >= 15 is 0 Å². The number of aromatic amines is 1. The molecule has 23 heavy (non-hydrogen) atoms. The molecule has 0 atom stereocenters. The van der Waals surface area contributed by atoms with Gasteiger partial charge in [0.2, 0.25) is 5.88 Å². The lowest BCUT2D eigenvalue weighted by molar-refractivity contribution is -0.868. The van der Waals surface area contributed by atoms with Crippen molar-refractivity contribution in [1.29, 1.82) is 0 Å². The number of quaternary nitrogens is 1. The van der Waals surface area contributed by atoms with E-state index in [1.54, 1.807) is 0 Å². The normalized spacial score (nSPS) is 12.2. The van der Waals surface area contributed by atoms with Crippen molar-refractivity contribution in [3.8, 4) is 5.88 Å². The Balaban J connectivity index is 2.89. The number of aromatic hydroxyl groups is 1. The van der Waals surface area contributed by atoms with Gasteiger partial charge >= 0.3 is 5.69 Å². The molecule has 0 saturated heterocycles. The smallest absolute Gasteiger partial charge is 0.331 e. The molecule has 1 rings (SSSR count). The van der Waals surface area contributed by atoms with Gasteiger partial charge in [0.15, 0.2) is 0 Å². The summed E-state index contributed by atoms with van der Waals surface area (Å²) < 4.78 is 1.97. The lowest BCUT2D eigenvalue weighted by Crippen LogP contribution is -2.36. The van der Waals surface area contributed by atoms with Gasteiger partial charge in [0.05, 0.1) is 34.2 Å². The fraction of sp³-hybridized carbons (Fsp3) is 0.688. The highest BCUT2D eigenvalue weighted by atomic mass is 16.3. The summed E-state index contributed by atoms with van der Waals surface area (Å²) in [7, 11) is 6.16. The Hall–Kier alpha value is -1.89. The van der Waals surface area contributed by atoms with Crippen LogP contribution < -0.4 is 11.2 Å². The Morgan fingerprint density at radius 2 is 1.91 bits per heavy atom. The van der Waals surface area contributed by atoms with Crippen molar-refractivity contribution in [3.05, 3.63) is 26.4 Å². The summed E-state index contributed by atoms with van der Waals surface area (Å²) in [5.41, 5.74) is -1.14. The number of nitrogens with zero attached hydrogens (tertiary/aromatic N) is 3. The molecule has 7 heteroatoms. The molecule has 2 N–H and O–H groups in total. The molecule has 0 aromatic carbocycles. The molecule has 0 radical (unpaired) electrons. The number of unbranched alkanes of at least 4 members (excludes halogenated alkanes) is 3. The van der Waals surface area contributed by atoms with E-state index in [0.717, 1.165) is 36.7 Å². The average Bonchev–Trinajstić information content (AvgIpc) is 2.44. The molecule has 0 unspecified atom stereocenters. The quantitative estimate of drug-likeness (QED) is 0.402. The number of H-pyrrole nitrogens is 1. The topological polar surface area (TPSA) is 87.4 Å². The maximum atomic E-state index is 11.9. The lowest BCUT2D eigenvalue weighted by Gasteiger charge is -2.22. The van der Waals surface area contributed by atoms with Gasteiger partial charge in [-0.05, 0) is 6.42 Å². The molecule has 0 aliphatic rings. The van der Waals surface area contributed by atoms with Crippen molar-refractivity contribution in [2.24, 2.45) is 4.99 Å². The molecule has 1 heterocycles. The lowest BCUT2D eigenvalue weighted by atomic mass is 10.2. The number of aromatic nitrogens is 2. The van der Waals surface area contributed by atoms with Crippen molar-refractivity contribution < 1.29 is 9.59 Å². The summed E-state index contributed by atoms with van der Waals surface area (Å²) in [6.07, 6.45) is 5.29. The SMILES string of the molecule is CCCCCCn1c(O)c(C=NCC[N+](C)(C)C)c(=O)[nH]c1=O. The Kier molecular flexibility index (Phi) is 7.22. The first-order valence-corrected chi connectivity index (χ1v) is 8.12. The van der Waals surface area contributed by atoms with Crippen LogP contribution in [0.5, 0.6) is 5.88 Å². The minimum Gasteiger partial charge on any atom is -0.494 e. The molecule has 0 spiro atoms. The molecule has 0 bridgehead atoms. The number of likely N-dealkylation sites (N-methyl/N-ethyl adjacent to an activating group) is 1. The zero-order valence-electron chi connectivity index (χ0n) is 14.6. The zero-order chi connectivity index (χ0) is 17.5. The molecule has 0 aliphatic heterocycles. The summed E-state index contributed by atoms with van der Waals surface area (Å²) in [4.78, 5) is 30.1. The van der Waals surface area contributed by atoms with E-state index in [4.69, 9.17) is 0 Å². The van der Waals surface area contributed by atoms with Crippen molar-refractivity contribution in [1.82, 2.24) is 9.55 Å². The third-order valence-corrected chi connectivity index (χ3v) is 3.56. The summed E-state index contributed by atoms with van der Waals surface area (Å²) in [5.74, 6) is -0.302. The van der Waals surface area contributed by atoms with E-state index < -0.39 is 11.2 Å². The largest absolute Gasteiger partial charge is 0.494 e. The number of rotatable bonds is 9. The van der Waals surface area contributed by atoms with Crippen LogP contribution in [-0.4, -0.2) is 59.6 Å². The van der Waals surface area contributed by atoms with E-state index in [1.165, 1.54) is 10.8 Å². The Morgan fingerprint density at radius 3 is 2.52 bits per heavy atom. The Bertz CT molecular complexity index is 638. The fourth-order valence-electron chi connectivity index (χ4n) is 2.11. The van der Waals surface area contributed by atoms with Crippen molar-refractivity contribution in [2.75, 3.05) is 34.2 Å². The maximum Gasteiger partial charge on any atom is 0.331 e. The van der Waals surface area contributed by atoms with Crippen LogP contribution >= 0.6 is 0 Å². The number of hydrogen-bond donors (Lipinski definition) is 2. The van der Waals surface area contributed by atoms with E-state index in [9.17, 15) is 14.7 Å². The summed E-state index contributed by atoms with van der Waals surface area (Å²) in [6, 6.07) is 0. The monoisotopic (exact) mass is 325 g/mol. The molecule has 0 saturated carbocycles. The highest BCUT2D eigenvalue weighted by Crippen LogP contribution is 2.10. The highest BCUT2D eigenvalue weighted by molar-refractivity contribution is 5.81. The Morgan fingerprint density at radius 1 is 1.22 bits per heavy atom. The van der Waals surface area contributed by atoms with E-state index in [2.05, 4.69) is 38.0 Å². The van der Waals surface area contributed by atoms with Crippen LogP contribution in [0.25, 0.3) is 0 Å². The summed E-state index contributed by atoms with van der Waals surface area (Å²) in [5, 5.41) is 10.2. The van der Waals surface area contributed by atoms with Gasteiger partial charge in [-0.2, -0.15) is 0 Å². The molecule has 0 amide bonds. The van der Waals surface area contributed by atoms with Crippen LogP contribution in [0.3, 0.4) is 0 Å². The van der Waals surface area contributed by atoms with Gasteiger partial charge in [-0.15, -0.1) is 0 Å². The van der Waals surface area contributed by atoms with E-state index in [1.807, 2.05) is 0 Å². The number of aliphatic imine (C=N–C) groups is 1. The predicted octanol–water partition coefficient (Wildman–Crippen LogP) is 0.948. The molecule has 0 fully saturated rings. The standard InChI is InChI=1S/C16H28N4O3/c1-5-6-7-8-10-19-15(22)13(14(21)18-16(19)23)12-17-9-11-20(2,3)4/h12H,5-11H2,1-4H3,(H-,17,18,21,22,23)/p+1. The third-order valence-electron chi connectivity index (χ3n) is 3.56. The zero-order valence-corrected chi connectivity index (χ0v) is 14.6. The van der Waals surface area contributed by atoms with Crippen molar-refractivity contribution in [3.63, 3.8) is 0 Å². The van der Waals surface area contributed by atoms with Gasteiger partial charge in [-0.1, -0.05) is 26.2 Å². The van der Waals surface area contributed by atoms with Crippen LogP contribution in [0.15, 0.2) is 14.6 Å². The summed E-state index contributed by atoms with van der Waals surface area (Å²) in [6.45, 7) is 3.85. The highest BCUT2D eigenvalue weighted by Gasteiger charge is 2.12. The van der Waals surface area contributed by atoms with Gasteiger partial charge in [0, 0.05) is 12.8 Å². The van der Waals surface area contributed by atoms with E-state index in [-0.39, 0.29) is 11.4 Å². The maximum absolute atomic E-state index is 11.9. The summed E-state index contributed by atoms with van der Waals surface area (Å²) >= 11 is 0. The molecular weight excluding hydrogens is 296 g/mol. The van der Waals surface area contributed by atoms with Gasteiger partial charge in [-0.3, -0.25) is 19.3 Å². The predicted molar refractivity (Wildman–Crippen MR) is 92.5 cm³/mol. The van der Waals surface area contributed by atoms with Gasteiger partial charge in [0.1, 0.15) is 5.56 Å². The van der Waals surface area contributed by atoms with Crippen molar-refractivity contribution >= 4 is 6.21 Å². The van der Waals surface area contributed by atoms with Crippen LogP contribution in [0.4, 0.5) is 0 Å². The van der Waals surface area contributed by atoms with Crippen LogP contribution in [0.1, 0.15) is 38.2 Å². The molecule has 130 valence electrons. The van der Waals surface area contributed by atoms with Gasteiger partial charge < -0.3 is 9.59 Å². The second-order valence-electron chi connectivity index (χ2n) is 6.76. The van der Waals surface area contributed by atoms with Crippen LogP contribution in [0.2, 0.25) is 0 Å². The second kappa shape index (κ2) is 8.67. The van der Waals surface area contributed by atoms with Crippen LogP contribution in [0, 0.1) is 0 Å². The minimum absolute atomic E-state index is 0.0431. The average molecular weight is 325 g/mol. The first kappa shape index (κ1) is 19.2. The second-order valence-corrected chi connectivity index (χ2v) is 6.76. The first-order valence-electron chi connectivity index (χ1n) is 8.12. The number of nitrogens with one attached hydrogen (secondary N) is 1. The minimum atomic E-state index is -0.605. The third kappa shape index (κ3) is 6.40. The molecular formula is C16H29N4O3+. The van der Waals surface area contributed by atoms with E-state index in [0.29, 0.717) is 13.1 Å². The Labute approximate surface area is 136 Å².